The van der Waals surface area contributed by atoms with E-state index in [1.54, 1.807) is 19.1 Å². The molecule has 1 heterocycles. The van der Waals surface area contributed by atoms with E-state index >= 15 is 0 Å². The highest BCUT2D eigenvalue weighted by molar-refractivity contribution is 5.51. The molecule has 0 aliphatic heterocycles. The van der Waals surface area contributed by atoms with Crippen LogP contribution in [0, 0.1) is 17.0 Å². The molecule has 2 rings (SSSR count). The van der Waals surface area contributed by atoms with Crippen LogP contribution in [0.1, 0.15) is 11.3 Å². The first-order chi connectivity index (χ1) is 9.08. The van der Waals surface area contributed by atoms with Crippen molar-refractivity contribution in [2.75, 3.05) is 5.73 Å². The van der Waals surface area contributed by atoms with Crippen LogP contribution < -0.4 is 10.5 Å². The van der Waals surface area contributed by atoms with Gasteiger partial charge in [0.2, 0.25) is 0 Å². The molecule has 0 saturated carbocycles. The monoisotopic (exact) mass is 260 g/mol. The first-order valence-electron chi connectivity index (χ1n) is 5.51. The van der Waals surface area contributed by atoms with Crippen molar-refractivity contribution in [3.8, 4) is 5.75 Å². The molecule has 0 aliphatic carbocycles. The number of anilines is 1. The van der Waals surface area contributed by atoms with Crippen LogP contribution in [0.2, 0.25) is 0 Å². The van der Waals surface area contributed by atoms with E-state index in [4.69, 9.17) is 10.5 Å². The Morgan fingerprint density at radius 3 is 2.79 bits per heavy atom. The molecule has 19 heavy (non-hydrogen) atoms. The molecule has 0 fully saturated rings. The predicted octanol–water partition coefficient (Wildman–Crippen LogP) is 1.85. The average molecular weight is 260 g/mol. The highest BCUT2D eigenvalue weighted by Gasteiger charge is 2.17. The maximum atomic E-state index is 10.9. The van der Waals surface area contributed by atoms with Gasteiger partial charge in [-0.15, -0.1) is 0 Å². The van der Waals surface area contributed by atoms with Gasteiger partial charge in [-0.1, -0.05) is 12.1 Å². The van der Waals surface area contributed by atoms with Gasteiger partial charge < -0.3 is 10.5 Å². The number of nitro groups is 1. The summed E-state index contributed by atoms with van der Waals surface area (Å²) in [6, 6.07) is 4.76. The maximum Gasteiger partial charge on any atom is 0.311 e. The summed E-state index contributed by atoms with van der Waals surface area (Å²) in [6.07, 6.45) is 2.88. The zero-order chi connectivity index (χ0) is 13.8. The number of nitro benzene ring substituents is 1. The third kappa shape index (κ3) is 2.95. The predicted molar refractivity (Wildman–Crippen MR) is 68.6 cm³/mol. The number of para-hydroxylation sites is 1. The molecule has 0 aliphatic rings. The van der Waals surface area contributed by atoms with E-state index in [9.17, 15) is 10.1 Å². The van der Waals surface area contributed by atoms with E-state index in [0.717, 1.165) is 0 Å². The number of benzene rings is 1. The zero-order valence-electron chi connectivity index (χ0n) is 10.2. The number of ether oxygens (including phenoxy) is 1. The molecule has 1 aromatic carbocycles. The molecule has 2 N–H and O–H groups in total. The van der Waals surface area contributed by atoms with E-state index in [1.807, 2.05) is 0 Å². The number of aryl methyl sites for hydroxylation is 1. The van der Waals surface area contributed by atoms with Gasteiger partial charge >= 0.3 is 5.69 Å². The van der Waals surface area contributed by atoms with Crippen LogP contribution in [-0.2, 0) is 6.61 Å². The molecule has 0 radical (unpaired) electrons. The largest absolute Gasteiger partial charge is 0.480 e. The Hall–Kier alpha value is -2.70. The van der Waals surface area contributed by atoms with Crippen LogP contribution in [0.4, 0.5) is 11.5 Å². The number of hydrogen-bond acceptors (Lipinski definition) is 6. The minimum absolute atomic E-state index is 0.0663. The lowest BCUT2D eigenvalue weighted by Gasteiger charge is -2.08. The van der Waals surface area contributed by atoms with Crippen LogP contribution in [-0.4, -0.2) is 14.9 Å². The van der Waals surface area contributed by atoms with Gasteiger partial charge in [-0.25, -0.2) is 4.98 Å². The van der Waals surface area contributed by atoms with E-state index in [1.165, 1.54) is 18.5 Å². The second kappa shape index (κ2) is 5.30. The van der Waals surface area contributed by atoms with Gasteiger partial charge in [0.15, 0.2) is 5.75 Å². The Morgan fingerprint density at radius 1 is 1.37 bits per heavy atom. The van der Waals surface area contributed by atoms with Crippen molar-refractivity contribution in [2.45, 2.75) is 13.5 Å². The van der Waals surface area contributed by atoms with Crippen molar-refractivity contribution in [3.63, 3.8) is 0 Å². The third-order valence-corrected chi connectivity index (χ3v) is 2.48. The highest BCUT2D eigenvalue weighted by atomic mass is 16.6. The fraction of sp³-hybridized carbons (Fsp3) is 0.167. The molecular weight excluding hydrogens is 248 g/mol. The summed E-state index contributed by atoms with van der Waals surface area (Å²) in [4.78, 5) is 18.3. The lowest BCUT2D eigenvalue weighted by Crippen LogP contribution is -2.03. The number of aromatic nitrogens is 2. The zero-order valence-corrected chi connectivity index (χ0v) is 10.2. The second-order valence-corrected chi connectivity index (χ2v) is 3.90. The van der Waals surface area contributed by atoms with Gasteiger partial charge in [-0.05, 0) is 12.5 Å². The van der Waals surface area contributed by atoms with Crippen LogP contribution in [0.3, 0.4) is 0 Å². The van der Waals surface area contributed by atoms with Crippen molar-refractivity contribution in [1.82, 2.24) is 9.97 Å². The van der Waals surface area contributed by atoms with Gasteiger partial charge in [0.05, 0.1) is 23.0 Å². The molecule has 0 spiro atoms. The summed E-state index contributed by atoms with van der Waals surface area (Å²) in [6.45, 7) is 1.84. The van der Waals surface area contributed by atoms with Crippen molar-refractivity contribution in [2.24, 2.45) is 0 Å². The van der Waals surface area contributed by atoms with E-state index in [2.05, 4.69) is 9.97 Å². The molecule has 7 heteroatoms. The molecule has 98 valence electrons. The molecule has 0 saturated heterocycles. The fourth-order valence-corrected chi connectivity index (χ4v) is 1.55. The number of nitrogen functional groups attached to an aromatic ring is 1. The quantitative estimate of drug-likeness (QED) is 0.664. The van der Waals surface area contributed by atoms with Crippen LogP contribution in [0.5, 0.6) is 5.75 Å². The number of nitrogens with zero attached hydrogens (tertiary/aromatic N) is 3. The summed E-state index contributed by atoms with van der Waals surface area (Å²) in [7, 11) is 0. The van der Waals surface area contributed by atoms with E-state index in [-0.39, 0.29) is 18.0 Å². The SMILES string of the molecule is Cc1cccc([N+](=O)[O-])c1OCc1cnc(N)cn1. The van der Waals surface area contributed by atoms with Gasteiger partial charge in [-0.3, -0.25) is 15.1 Å². The smallest absolute Gasteiger partial charge is 0.311 e. The van der Waals surface area contributed by atoms with Crippen LogP contribution in [0.25, 0.3) is 0 Å². The number of nitrogens with two attached hydrogens (primary N) is 1. The van der Waals surface area contributed by atoms with Crippen molar-refractivity contribution < 1.29 is 9.66 Å². The Labute approximate surface area is 109 Å². The highest BCUT2D eigenvalue weighted by Crippen LogP contribution is 2.30. The summed E-state index contributed by atoms with van der Waals surface area (Å²) in [5.74, 6) is 0.553. The van der Waals surface area contributed by atoms with E-state index in [0.29, 0.717) is 17.1 Å². The Bertz CT molecular complexity index is 598. The minimum Gasteiger partial charge on any atom is -0.480 e. The van der Waals surface area contributed by atoms with Crippen molar-refractivity contribution in [3.05, 3.63) is 52.0 Å². The topological polar surface area (TPSA) is 104 Å². The Kier molecular flexibility index (Phi) is 3.56. The number of rotatable bonds is 4. The Morgan fingerprint density at radius 2 is 2.16 bits per heavy atom. The molecule has 7 nitrogen and oxygen atoms in total. The summed E-state index contributed by atoms with van der Waals surface area (Å²) in [5.41, 5.74) is 6.59. The fourth-order valence-electron chi connectivity index (χ4n) is 1.55. The van der Waals surface area contributed by atoms with E-state index < -0.39 is 4.92 Å². The van der Waals surface area contributed by atoms with Gasteiger partial charge in [0.25, 0.3) is 0 Å². The summed E-state index contributed by atoms with van der Waals surface area (Å²) >= 11 is 0. The lowest BCUT2D eigenvalue weighted by atomic mass is 10.2. The van der Waals surface area contributed by atoms with Crippen LogP contribution >= 0.6 is 0 Å². The van der Waals surface area contributed by atoms with Crippen LogP contribution in [0.15, 0.2) is 30.6 Å². The standard InChI is InChI=1S/C12H12N4O3/c1-8-3-2-4-10(16(17)18)12(8)19-7-9-5-15-11(13)6-14-9/h2-6H,7H2,1H3,(H2,13,15). The molecule has 0 atom stereocenters. The number of hydrogen-bond donors (Lipinski definition) is 1. The summed E-state index contributed by atoms with van der Waals surface area (Å²) < 4.78 is 5.47. The Balaban J connectivity index is 2.19. The molecule has 1 aromatic heterocycles. The lowest BCUT2D eigenvalue weighted by molar-refractivity contribution is -0.386. The molecule has 0 bridgehead atoms. The van der Waals surface area contributed by atoms with Gasteiger partial charge in [-0.2, -0.15) is 0 Å². The molecule has 0 unspecified atom stereocenters. The molecule has 2 aromatic rings. The van der Waals surface area contributed by atoms with Gasteiger partial charge in [0.1, 0.15) is 12.4 Å². The first-order valence-corrected chi connectivity index (χ1v) is 5.51. The normalized spacial score (nSPS) is 10.2. The molecule has 0 amide bonds. The van der Waals surface area contributed by atoms with Crippen molar-refractivity contribution in [1.29, 1.82) is 0 Å². The molecular formula is C12H12N4O3. The maximum absolute atomic E-state index is 10.9. The average Bonchev–Trinajstić information content (AvgIpc) is 2.39. The summed E-state index contributed by atoms with van der Waals surface area (Å²) in [5, 5.41) is 10.9. The van der Waals surface area contributed by atoms with Gasteiger partial charge in [0, 0.05) is 6.07 Å². The van der Waals surface area contributed by atoms with Crippen molar-refractivity contribution >= 4 is 11.5 Å². The third-order valence-electron chi connectivity index (χ3n) is 2.48. The first kappa shape index (κ1) is 12.7. The minimum atomic E-state index is -0.475. The second-order valence-electron chi connectivity index (χ2n) is 3.90.